The van der Waals surface area contributed by atoms with Crippen molar-refractivity contribution in [2.24, 2.45) is 0 Å². The third-order valence-electron chi connectivity index (χ3n) is 2.94. The van der Waals surface area contributed by atoms with E-state index in [0.29, 0.717) is 6.42 Å². The first-order valence-electron chi connectivity index (χ1n) is 5.96. The van der Waals surface area contributed by atoms with E-state index in [0.717, 1.165) is 18.7 Å². The molecule has 1 radical (unpaired) electrons. The Hall–Kier alpha value is -1.35. The Morgan fingerprint density at radius 2 is 1.88 bits per heavy atom. The summed E-state index contributed by atoms with van der Waals surface area (Å²) in [6.07, 6.45) is 0.664. The number of carbonyl (C=O) groups excluding carboxylic acids is 1. The minimum atomic E-state index is -0.266. The Bertz CT molecular complexity index is 333. The molecule has 1 rings (SSSR count). The predicted molar refractivity (Wildman–Crippen MR) is 68.3 cm³/mol. The monoisotopic (exact) mass is 234 g/mol. The van der Waals surface area contributed by atoms with E-state index in [-0.39, 0.29) is 12.0 Å². The largest absolute Gasteiger partial charge is 0.461 e. The highest BCUT2D eigenvalue weighted by molar-refractivity contribution is 5.76. The zero-order chi connectivity index (χ0) is 12.7. The summed E-state index contributed by atoms with van der Waals surface area (Å²) in [4.78, 5) is 13.8. The van der Waals surface area contributed by atoms with E-state index in [1.54, 1.807) is 0 Å². The second-order valence-corrected chi connectivity index (χ2v) is 3.89. The van der Waals surface area contributed by atoms with Crippen molar-refractivity contribution in [1.29, 1.82) is 0 Å². The van der Waals surface area contributed by atoms with Crippen molar-refractivity contribution in [2.75, 3.05) is 13.1 Å². The third kappa shape index (κ3) is 3.86. The number of ether oxygens (including phenoxy) is 1. The van der Waals surface area contributed by atoms with Crippen LogP contribution in [0.1, 0.15) is 19.4 Å². The van der Waals surface area contributed by atoms with Gasteiger partial charge >= 0.3 is 5.97 Å². The van der Waals surface area contributed by atoms with E-state index < -0.39 is 0 Å². The minimum absolute atomic E-state index is 0.245. The minimum Gasteiger partial charge on any atom is -0.461 e. The number of hydrogen-bond donors (Lipinski definition) is 0. The van der Waals surface area contributed by atoms with Gasteiger partial charge in [-0.1, -0.05) is 44.2 Å². The average Bonchev–Trinajstić information content (AvgIpc) is 2.39. The number of benzene rings is 1. The van der Waals surface area contributed by atoms with E-state index in [1.807, 2.05) is 44.2 Å². The highest BCUT2D eigenvalue weighted by atomic mass is 16.5. The van der Waals surface area contributed by atoms with Gasteiger partial charge in [0, 0.05) is 0 Å². The molecule has 0 fully saturated rings. The summed E-state index contributed by atoms with van der Waals surface area (Å²) in [7, 11) is 3.22. The van der Waals surface area contributed by atoms with E-state index in [9.17, 15) is 4.79 Å². The summed E-state index contributed by atoms with van der Waals surface area (Å²) in [5.41, 5.74) is 1.13. The maximum Gasteiger partial charge on any atom is 0.323 e. The molecule has 3 heteroatoms. The van der Waals surface area contributed by atoms with Crippen molar-refractivity contribution >= 4 is 5.97 Å². The topological polar surface area (TPSA) is 29.5 Å². The molecular weight excluding hydrogens is 214 g/mol. The molecule has 0 aromatic heterocycles. The Kier molecular flexibility index (Phi) is 5.70. The second-order valence-electron chi connectivity index (χ2n) is 3.89. The summed E-state index contributed by atoms with van der Waals surface area (Å²) in [6, 6.07) is 9.72. The van der Waals surface area contributed by atoms with Crippen molar-refractivity contribution in [3.63, 3.8) is 0 Å². The first-order valence-corrected chi connectivity index (χ1v) is 5.96. The molecule has 0 bridgehead atoms. The van der Waals surface area contributed by atoms with Crippen LogP contribution in [0.15, 0.2) is 30.3 Å². The molecule has 0 N–H and O–H groups in total. The van der Waals surface area contributed by atoms with E-state index in [4.69, 9.17) is 0 Å². The first-order chi connectivity index (χ1) is 8.22. The molecule has 17 heavy (non-hydrogen) atoms. The van der Waals surface area contributed by atoms with E-state index in [2.05, 4.69) is 16.7 Å². The molecule has 0 saturated carbocycles. The number of esters is 1. The van der Waals surface area contributed by atoms with Gasteiger partial charge in [0.25, 0.3) is 0 Å². The van der Waals surface area contributed by atoms with Crippen molar-refractivity contribution in [2.45, 2.75) is 26.3 Å². The lowest BCUT2D eigenvalue weighted by Gasteiger charge is -2.27. The number of likely N-dealkylation sites (N-methyl/N-ethyl adjacent to an activating group) is 1. The Morgan fingerprint density at radius 1 is 1.29 bits per heavy atom. The number of carbonyl (C=O) groups is 1. The molecule has 93 valence electrons. The summed E-state index contributed by atoms with van der Waals surface area (Å²) < 4.78 is 4.64. The van der Waals surface area contributed by atoms with Crippen LogP contribution < -0.4 is 0 Å². The van der Waals surface area contributed by atoms with Crippen LogP contribution in [0.5, 0.6) is 0 Å². The molecule has 0 amide bonds. The van der Waals surface area contributed by atoms with Crippen LogP contribution >= 0.6 is 0 Å². The highest BCUT2D eigenvalue weighted by Gasteiger charge is 2.24. The Morgan fingerprint density at radius 3 is 2.35 bits per heavy atom. The van der Waals surface area contributed by atoms with Gasteiger partial charge in [0.05, 0.1) is 0 Å². The summed E-state index contributed by atoms with van der Waals surface area (Å²) in [5, 5.41) is 0. The number of nitrogens with zero attached hydrogens (tertiary/aromatic N) is 1. The number of rotatable bonds is 6. The first kappa shape index (κ1) is 13.7. The van der Waals surface area contributed by atoms with Crippen molar-refractivity contribution in [3.8, 4) is 0 Å². The van der Waals surface area contributed by atoms with Gasteiger partial charge in [-0.15, -0.1) is 0 Å². The fourth-order valence-electron chi connectivity index (χ4n) is 1.96. The molecule has 0 heterocycles. The van der Waals surface area contributed by atoms with Gasteiger partial charge in [-0.3, -0.25) is 9.69 Å². The lowest BCUT2D eigenvalue weighted by Crippen LogP contribution is -2.43. The van der Waals surface area contributed by atoms with Crippen LogP contribution in [0.2, 0.25) is 0 Å². The molecule has 1 aromatic rings. The molecule has 3 nitrogen and oxygen atoms in total. The quantitative estimate of drug-likeness (QED) is 0.707. The van der Waals surface area contributed by atoms with Crippen molar-refractivity contribution in [1.82, 2.24) is 4.90 Å². The molecule has 0 saturated heterocycles. The van der Waals surface area contributed by atoms with Gasteiger partial charge in [-0.25, -0.2) is 0 Å². The zero-order valence-corrected chi connectivity index (χ0v) is 10.6. The van der Waals surface area contributed by atoms with E-state index >= 15 is 0 Å². The molecule has 0 aliphatic carbocycles. The zero-order valence-electron chi connectivity index (χ0n) is 10.6. The van der Waals surface area contributed by atoms with Gasteiger partial charge in [0.15, 0.2) is 0 Å². The summed E-state index contributed by atoms with van der Waals surface area (Å²) in [5.74, 6) is -0.266. The number of hydrogen-bond acceptors (Lipinski definition) is 3. The van der Waals surface area contributed by atoms with Gasteiger partial charge in [-0.2, -0.15) is 0 Å². The predicted octanol–water partition coefficient (Wildman–Crippen LogP) is 2.27. The van der Waals surface area contributed by atoms with Crippen LogP contribution in [-0.2, 0) is 16.0 Å². The standard InChI is InChI=1S/C14H20NO2/c1-4-15(5-2)13(14(16)17-3)11-12-9-7-6-8-10-12/h6-10,13H,3-5,11H2,1-2H3. The molecule has 1 aromatic carbocycles. The van der Waals surface area contributed by atoms with Crippen LogP contribution in [-0.4, -0.2) is 30.0 Å². The van der Waals surface area contributed by atoms with Crippen molar-refractivity contribution in [3.05, 3.63) is 43.0 Å². The summed E-state index contributed by atoms with van der Waals surface area (Å²) in [6.45, 7) is 5.72. The maximum atomic E-state index is 11.7. The highest BCUT2D eigenvalue weighted by Crippen LogP contribution is 2.10. The fourth-order valence-corrected chi connectivity index (χ4v) is 1.96. The van der Waals surface area contributed by atoms with Crippen molar-refractivity contribution < 1.29 is 9.53 Å². The van der Waals surface area contributed by atoms with Gasteiger partial charge in [0.1, 0.15) is 13.2 Å². The Labute approximate surface area is 103 Å². The summed E-state index contributed by atoms with van der Waals surface area (Å²) >= 11 is 0. The molecule has 1 atom stereocenters. The van der Waals surface area contributed by atoms with Crippen LogP contribution in [0, 0.1) is 7.11 Å². The lowest BCUT2D eigenvalue weighted by molar-refractivity contribution is -0.144. The molecular formula is C14H20NO2. The van der Waals surface area contributed by atoms with Crippen LogP contribution in [0.3, 0.4) is 0 Å². The molecule has 0 aliphatic rings. The fraction of sp³-hybridized carbons (Fsp3) is 0.429. The lowest BCUT2D eigenvalue weighted by atomic mass is 10.0. The van der Waals surface area contributed by atoms with Crippen LogP contribution in [0.4, 0.5) is 0 Å². The molecule has 0 aliphatic heterocycles. The smallest absolute Gasteiger partial charge is 0.323 e. The molecule has 0 spiro atoms. The normalized spacial score (nSPS) is 12.5. The van der Waals surface area contributed by atoms with Gasteiger partial charge in [0.2, 0.25) is 0 Å². The van der Waals surface area contributed by atoms with E-state index in [1.165, 1.54) is 0 Å². The van der Waals surface area contributed by atoms with Gasteiger partial charge < -0.3 is 4.74 Å². The Balaban J connectivity index is 2.80. The third-order valence-corrected chi connectivity index (χ3v) is 2.94. The SMILES string of the molecule is [CH2]OC(=O)C(Cc1ccccc1)N(CC)CC. The average molecular weight is 234 g/mol. The second kappa shape index (κ2) is 7.07. The molecule has 1 unspecified atom stereocenters. The maximum absolute atomic E-state index is 11.7. The van der Waals surface area contributed by atoms with Crippen LogP contribution in [0.25, 0.3) is 0 Å². The van der Waals surface area contributed by atoms with Gasteiger partial charge in [-0.05, 0) is 25.1 Å².